The van der Waals surface area contributed by atoms with Gasteiger partial charge in [0.1, 0.15) is 0 Å². The molecule has 2 rings (SSSR count). The van der Waals surface area contributed by atoms with Crippen molar-refractivity contribution in [2.24, 2.45) is 5.92 Å². The van der Waals surface area contributed by atoms with Crippen molar-refractivity contribution in [3.63, 3.8) is 0 Å². The van der Waals surface area contributed by atoms with Crippen LogP contribution in [0.3, 0.4) is 0 Å². The molecule has 0 radical (unpaired) electrons. The van der Waals surface area contributed by atoms with Crippen LogP contribution < -0.4 is 5.32 Å². The lowest BCUT2D eigenvalue weighted by atomic mass is 9.96. The van der Waals surface area contributed by atoms with Crippen LogP contribution in [0.2, 0.25) is 0 Å². The molecule has 1 aliphatic rings. The van der Waals surface area contributed by atoms with Crippen molar-refractivity contribution in [1.82, 2.24) is 5.32 Å². The van der Waals surface area contributed by atoms with Gasteiger partial charge in [-0.3, -0.25) is 4.79 Å². The second-order valence-corrected chi connectivity index (χ2v) is 5.84. The summed E-state index contributed by atoms with van der Waals surface area (Å²) in [6.07, 6.45) is 8.04. The van der Waals surface area contributed by atoms with E-state index < -0.39 is 5.97 Å². The fourth-order valence-corrected chi connectivity index (χ4v) is 2.87. The second-order valence-electron chi connectivity index (χ2n) is 5.84. The van der Waals surface area contributed by atoms with E-state index in [2.05, 4.69) is 5.32 Å². The first-order chi connectivity index (χ1) is 10.1. The maximum absolute atomic E-state index is 12.0. The lowest BCUT2D eigenvalue weighted by molar-refractivity contribution is -0.122. The van der Waals surface area contributed by atoms with Crippen LogP contribution >= 0.6 is 0 Å². The standard InChI is InChI=1S/C17H23NO3/c19-16(11-13-5-3-1-2-4-6-13)18-12-14-7-9-15(10-8-14)17(20)21/h7-10,13H,1-6,11-12H2,(H,18,19)(H,20,21). The quantitative estimate of drug-likeness (QED) is 0.817. The molecule has 4 nitrogen and oxygen atoms in total. The third-order valence-corrected chi connectivity index (χ3v) is 4.14. The number of carbonyl (C=O) groups is 2. The molecule has 1 aromatic rings. The van der Waals surface area contributed by atoms with Gasteiger partial charge < -0.3 is 10.4 Å². The van der Waals surface area contributed by atoms with Crippen molar-refractivity contribution >= 4 is 11.9 Å². The molecule has 21 heavy (non-hydrogen) atoms. The van der Waals surface area contributed by atoms with E-state index in [1.54, 1.807) is 24.3 Å². The van der Waals surface area contributed by atoms with E-state index in [9.17, 15) is 9.59 Å². The first kappa shape index (κ1) is 15.5. The Morgan fingerprint density at radius 1 is 1.05 bits per heavy atom. The fraction of sp³-hybridized carbons (Fsp3) is 0.529. The van der Waals surface area contributed by atoms with Crippen molar-refractivity contribution in [3.05, 3.63) is 35.4 Å². The van der Waals surface area contributed by atoms with E-state index in [0.29, 0.717) is 18.9 Å². The van der Waals surface area contributed by atoms with Crippen LogP contribution in [0.25, 0.3) is 0 Å². The van der Waals surface area contributed by atoms with Crippen LogP contribution in [-0.2, 0) is 11.3 Å². The van der Waals surface area contributed by atoms with Crippen molar-refractivity contribution in [3.8, 4) is 0 Å². The van der Waals surface area contributed by atoms with E-state index >= 15 is 0 Å². The molecular formula is C17H23NO3. The van der Waals surface area contributed by atoms with E-state index in [1.165, 1.54) is 38.5 Å². The number of carbonyl (C=O) groups excluding carboxylic acids is 1. The van der Waals surface area contributed by atoms with Gasteiger partial charge in [0.2, 0.25) is 5.91 Å². The molecule has 0 saturated heterocycles. The Labute approximate surface area is 125 Å². The van der Waals surface area contributed by atoms with Gasteiger partial charge in [-0.25, -0.2) is 4.79 Å². The number of hydrogen-bond donors (Lipinski definition) is 2. The van der Waals surface area contributed by atoms with Crippen molar-refractivity contribution in [2.45, 2.75) is 51.5 Å². The molecule has 0 bridgehead atoms. The lowest BCUT2D eigenvalue weighted by Crippen LogP contribution is -2.25. The molecule has 0 aliphatic heterocycles. The summed E-state index contributed by atoms with van der Waals surface area (Å²) in [6.45, 7) is 0.464. The number of benzene rings is 1. The molecule has 114 valence electrons. The zero-order valence-corrected chi connectivity index (χ0v) is 12.3. The van der Waals surface area contributed by atoms with Gasteiger partial charge in [-0.05, 0) is 36.5 Å². The second kappa shape index (κ2) is 7.81. The number of hydrogen-bond acceptors (Lipinski definition) is 2. The van der Waals surface area contributed by atoms with Gasteiger partial charge in [0.15, 0.2) is 0 Å². The van der Waals surface area contributed by atoms with Gasteiger partial charge in [0, 0.05) is 13.0 Å². The van der Waals surface area contributed by atoms with Crippen LogP contribution in [0.1, 0.15) is 60.9 Å². The largest absolute Gasteiger partial charge is 0.478 e. The summed E-state index contributed by atoms with van der Waals surface area (Å²) in [5, 5.41) is 11.8. The minimum atomic E-state index is -0.932. The number of carboxylic acids is 1. The third-order valence-electron chi connectivity index (χ3n) is 4.14. The molecule has 4 heteroatoms. The van der Waals surface area contributed by atoms with Gasteiger partial charge in [-0.15, -0.1) is 0 Å². The van der Waals surface area contributed by atoms with E-state index in [0.717, 1.165) is 5.56 Å². The Kier molecular flexibility index (Phi) is 5.78. The molecular weight excluding hydrogens is 266 g/mol. The Balaban J connectivity index is 1.76. The number of carboxylic acid groups (broad SMARTS) is 1. The smallest absolute Gasteiger partial charge is 0.335 e. The highest BCUT2D eigenvalue weighted by molar-refractivity contribution is 5.87. The summed E-state index contributed by atoms with van der Waals surface area (Å²) in [7, 11) is 0. The summed E-state index contributed by atoms with van der Waals surface area (Å²) in [5.41, 5.74) is 1.19. The van der Waals surface area contributed by atoms with Gasteiger partial charge in [-0.1, -0.05) is 37.8 Å². The van der Waals surface area contributed by atoms with Crippen LogP contribution in [-0.4, -0.2) is 17.0 Å². The zero-order valence-electron chi connectivity index (χ0n) is 12.3. The molecule has 1 fully saturated rings. The van der Waals surface area contributed by atoms with E-state index in [-0.39, 0.29) is 11.5 Å². The highest BCUT2D eigenvalue weighted by Gasteiger charge is 2.15. The highest BCUT2D eigenvalue weighted by Crippen LogP contribution is 2.25. The first-order valence-corrected chi connectivity index (χ1v) is 7.74. The molecule has 1 aliphatic carbocycles. The van der Waals surface area contributed by atoms with Crippen molar-refractivity contribution < 1.29 is 14.7 Å². The van der Waals surface area contributed by atoms with E-state index in [4.69, 9.17) is 5.11 Å². The predicted octanol–water partition coefficient (Wildman–Crippen LogP) is 3.36. The number of amides is 1. The van der Waals surface area contributed by atoms with Gasteiger partial charge in [0.25, 0.3) is 0 Å². The average Bonchev–Trinajstić information content (AvgIpc) is 2.74. The average molecular weight is 289 g/mol. The van der Waals surface area contributed by atoms with Crippen LogP contribution in [0.15, 0.2) is 24.3 Å². The topological polar surface area (TPSA) is 66.4 Å². The molecule has 1 amide bonds. The number of rotatable bonds is 5. The van der Waals surface area contributed by atoms with Crippen LogP contribution in [0.5, 0.6) is 0 Å². The molecule has 2 N–H and O–H groups in total. The Morgan fingerprint density at radius 2 is 1.67 bits per heavy atom. The summed E-state index contributed by atoms with van der Waals surface area (Å²) >= 11 is 0. The Bertz CT molecular complexity index is 473. The third kappa shape index (κ3) is 5.21. The zero-order chi connectivity index (χ0) is 15.1. The van der Waals surface area contributed by atoms with Gasteiger partial charge >= 0.3 is 5.97 Å². The summed E-state index contributed by atoms with van der Waals surface area (Å²) in [5.74, 6) is -0.301. The molecule has 0 atom stereocenters. The van der Waals surface area contributed by atoms with Gasteiger partial charge in [0.05, 0.1) is 5.56 Å². The maximum Gasteiger partial charge on any atom is 0.335 e. The maximum atomic E-state index is 12.0. The minimum Gasteiger partial charge on any atom is -0.478 e. The molecule has 0 aromatic heterocycles. The van der Waals surface area contributed by atoms with E-state index in [1.807, 2.05) is 0 Å². The number of aromatic carboxylic acids is 1. The van der Waals surface area contributed by atoms with Crippen LogP contribution in [0, 0.1) is 5.92 Å². The summed E-state index contributed by atoms with van der Waals surface area (Å²) < 4.78 is 0. The Morgan fingerprint density at radius 3 is 2.24 bits per heavy atom. The van der Waals surface area contributed by atoms with Crippen molar-refractivity contribution in [1.29, 1.82) is 0 Å². The summed E-state index contributed by atoms with van der Waals surface area (Å²) in [6, 6.07) is 6.62. The minimum absolute atomic E-state index is 0.101. The molecule has 0 unspecified atom stereocenters. The predicted molar refractivity (Wildman–Crippen MR) is 81.1 cm³/mol. The number of nitrogens with one attached hydrogen (secondary N) is 1. The fourth-order valence-electron chi connectivity index (χ4n) is 2.87. The molecule has 1 saturated carbocycles. The monoisotopic (exact) mass is 289 g/mol. The first-order valence-electron chi connectivity index (χ1n) is 7.74. The van der Waals surface area contributed by atoms with Gasteiger partial charge in [-0.2, -0.15) is 0 Å². The molecule has 0 spiro atoms. The Hall–Kier alpha value is -1.84. The van der Waals surface area contributed by atoms with Crippen molar-refractivity contribution in [2.75, 3.05) is 0 Å². The SMILES string of the molecule is O=C(CC1CCCCCC1)NCc1ccc(C(=O)O)cc1. The summed E-state index contributed by atoms with van der Waals surface area (Å²) in [4.78, 5) is 22.7. The van der Waals surface area contributed by atoms with Crippen LogP contribution in [0.4, 0.5) is 0 Å². The lowest BCUT2D eigenvalue weighted by Gasteiger charge is -2.13. The molecule has 0 heterocycles. The molecule has 1 aromatic carbocycles. The highest BCUT2D eigenvalue weighted by atomic mass is 16.4. The normalized spacial score (nSPS) is 16.2.